The summed E-state index contributed by atoms with van der Waals surface area (Å²) in [4.78, 5) is 32.7. The van der Waals surface area contributed by atoms with Crippen molar-refractivity contribution in [3.05, 3.63) is 33.6 Å². The van der Waals surface area contributed by atoms with E-state index in [4.69, 9.17) is 32.7 Å². The fourth-order valence-electron chi connectivity index (χ4n) is 3.29. The van der Waals surface area contributed by atoms with Crippen LogP contribution in [0.15, 0.2) is 23.6 Å². The number of hydrogen-bond donors (Lipinski definition) is 2. The van der Waals surface area contributed by atoms with Gasteiger partial charge in [-0.3, -0.25) is 10.2 Å². The zero-order chi connectivity index (χ0) is 25.4. The normalized spacial score (nSPS) is 14.6. The first-order chi connectivity index (χ1) is 16.6. The van der Waals surface area contributed by atoms with Gasteiger partial charge in [-0.05, 0) is 32.9 Å². The number of carbonyl (C=O) groups is 2. The Labute approximate surface area is 219 Å². The lowest BCUT2D eigenvalue weighted by Crippen LogP contribution is -2.50. The number of amides is 3. The van der Waals surface area contributed by atoms with E-state index in [1.54, 1.807) is 22.4 Å². The predicted molar refractivity (Wildman–Crippen MR) is 140 cm³/mol. The summed E-state index contributed by atoms with van der Waals surface area (Å²) < 4.78 is 10.8. The number of aromatic nitrogens is 1. The highest BCUT2D eigenvalue weighted by Gasteiger charge is 2.22. The molecule has 2 heterocycles. The maximum Gasteiger partial charge on any atom is 0.407 e. The third kappa shape index (κ3) is 9.12. The van der Waals surface area contributed by atoms with Crippen LogP contribution < -0.4 is 10.6 Å². The molecule has 1 saturated heterocycles. The third-order valence-corrected chi connectivity index (χ3v) is 6.66. The first kappa shape index (κ1) is 27.5. The first-order valence-corrected chi connectivity index (χ1v) is 13.0. The Bertz CT molecular complexity index is 1010. The molecule has 2 aromatic rings. The van der Waals surface area contributed by atoms with Gasteiger partial charge in [0.05, 0.1) is 23.3 Å². The van der Waals surface area contributed by atoms with Crippen molar-refractivity contribution in [3.8, 4) is 10.6 Å². The van der Waals surface area contributed by atoms with Crippen molar-refractivity contribution < 1.29 is 19.1 Å². The summed E-state index contributed by atoms with van der Waals surface area (Å²) in [5, 5.41) is 9.05. The molecule has 0 aliphatic carbocycles. The minimum absolute atomic E-state index is 0.167. The van der Waals surface area contributed by atoms with Crippen LogP contribution >= 0.6 is 34.5 Å². The minimum atomic E-state index is -0.515. The fraction of sp³-hybridized carbons (Fsp3) is 0.522. The Morgan fingerprint density at radius 3 is 2.54 bits per heavy atom. The number of carbonyl (C=O) groups excluding carboxylic acids is 2. The van der Waals surface area contributed by atoms with Gasteiger partial charge >= 0.3 is 12.1 Å². The Morgan fingerprint density at radius 1 is 1.11 bits per heavy atom. The Balaban J connectivity index is 1.31. The molecule has 0 atom stereocenters. The van der Waals surface area contributed by atoms with Gasteiger partial charge in [-0.25, -0.2) is 14.6 Å². The van der Waals surface area contributed by atoms with Crippen LogP contribution in [-0.2, 0) is 9.47 Å². The number of piperazine rings is 1. The molecule has 3 rings (SSSR count). The Kier molecular flexibility index (Phi) is 9.99. The maximum absolute atomic E-state index is 12.6. The number of alkyl carbamates (subject to hydrolysis) is 1. The number of urea groups is 1. The van der Waals surface area contributed by atoms with Crippen molar-refractivity contribution in [2.75, 3.05) is 57.8 Å². The van der Waals surface area contributed by atoms with E-state index < -0.39 is 11.7 Å². The van der Waals surface area contributed by atoms with Crippen LogP contribution in [0.3, 0.4) is 0 Å². The van der Waals surface area contributed by atoms with Gasteiger partial charge in [0.1, 0.15) is 16.4 Å². The van der Waals surface area contributed by atoms with Crippen LogP contribution in [0, 0.1) is 0 Å². The standard InChI is InChI=1S/C23H31Cl2N5O4S/c1-23(2,3)34-22(32)26-6-12-33-13-11-29-7-9-30(10-8-29)21(31)28-19-15-35-20(27-19)16-4-5-17(24)18(25)14-16/h4-5,14-15H,6-13H2,1-3H3,(H,26,32)(H,28,31). The second-order valence-electron chi connectivity index (χ2n) is 8.97. The van der Waals surface area contributed by atoms with Gasteiger partial charge in [-0.1, -0.05) is 29.3 Å². The highest BCUT2D eigenvalue weighted by Crippen LogP contribution is 2.31. The highest BCUT2D eigenvalue weighted by atomic mass is 35.5. The molecular weight excluding hydrogens is 513 g/mol. The minimum Gasteiger partial charge on any atom is -0.444 e. The summed E-state index contributed by atoms with van der Waals surface area (Å²) in [6.45, 7) is 10.4. The molecule has 192 valence electrons. The van der Waals surface area contributed by atoms with Crippen LogP contribution in [0.1, 0.15) is 20.8 Å². The van der Waals surface area contributed by atoms with Crippen molar-refractivity contribution in [1.82, 2.24) is 20.1 Å². The molecule has 2 N–H and O–H groups in total. The summed E-state index contributed by atoms with van der Waals surface area (Å²) in [7, 11) is 0. The van der Waals surface area contributed by atoms with Crippen molar-refractivity contribution in [1.29, 1.82) is 0 Å². The second-order valence-corrected chi connectivity index (χ2v) is 10.6. The van der Waals surface area contributed by atoms with Gasteiger partial charge < -0.3 is 19.7 Å². The van der Waals surface area contributed by atoms with Gasteiger partial charge in [0.2, 0.25) is 0 Å². The number of halogens is 2. The zero-order valence-corrected chi connectivity index (χ0v) is 22.4. The largest absolute Gasteiger partial charge is 0.444 e. The molecule has 0 bridgehead atoms. The summed E-state index contributed by atoms with van der Waals surface area (Å²) in [6, 6.07) is 5.17. The molecule has 1 aromatic carbocycles. The van der Waals surface area contributed by atoms with Gasteiger partial charge in [-0.15, -0.1) is 11.3 Å². The van der Waals surface area contributed by atoms with Gasteiger partial charge in [-0.2, -0.15) is 0 Å². The molecule has 3 amide bonds. The number of benzene rings is 1. The molecule has 1 aromatic heterocycles. The smallest absolute Gasteiger partial charge is 0.407 e. The average Bonchev–Trinajstić information content (AvgIpc) is 3.25. The lowest BCUT2D eigenvalue weighted by molar-refractivity contribution is 0.0482. The van der Waals surface area contributed by atoms with E-state index >= 15 is 0 Å². The van der Waals surface area contributed by atoms with Crippen molar-refractivity contribution in [2.45, 2.75) is 26.4 Å². The van der Waals surface area contributed by atoms with E-state index in [1.807, 2.05) is 26.8 Å². The lowest BCUT2D eigenvalue weighted by atomic mass is 10.2. The summed E-state index contributed by atoms with van der Waals surface area (Å²) in [5.74, 6) is 0.511. The number of hydrogen-bond acceptors (Lipinski definition) is 7. The summed E-state index contributed by atoms with van der Waals surface area (Å²) >= 11 is 13.5. The van der Waals surface area contributed by atoms with E-state index in [9.17, 15) is 9.59 Å². The number of rotatable bonds is 8. The zero-order valence-electron chi connectivity index (χ0n) is 20.1. The van der Waals surface area contributed by atoms with Crippen molar-refractivity contribution in [2.24, 2.45) is 0 Å². The molecule has 0 spiro atoms. The fourth-order valence-corrected chi connectivity index (χ4v) is 4.34. The second kappa shape index (κ2) is 12.7. The topological polar surface area (TPSA) is 96.0 Å². The molecular formula is C23H31Cl2N5O4S. The molecule has 1 aliphatic rings. The number of nitrogens with zero attached hydrogens (tertiary/aromatic N) is 3. The molecule has 35 heavy (non-hydrogen) atoms. The van der Waals surface area contributed by atoms with Crippen LogP contribution in [0.5, 0.6) is 0 Å². The van der Waals surface area contributed by atoms with Crippen molar-refractivity contribution >= 4 is 52.5 Å². The number of anilines is 1. The van der Waals surface area contributed by atoms with Crippen molar-refractivity contribution in [3.63, 3.8) is 0 Å². The monoisotopic (exact) mass is 543 g/mol. The van der Waals surface area contributed by atoms with E-state index in [2.05, 4.69) is 20.5 Å². The molecule has 0 unspecified atom stereocenters. The molecule has 1 aliphatic heterocycles. The Morgan fingerprint density at radius 2 is 1.86 bits per heavy atom. The van der Waals surface area contributed by atoms with Crippen LogP contribution in [0.4, 0.5) is 15.4 Å². The SMILES string of the molecule is CC(C)(C)OC(=O)NCCOCCN1CCN(C(=O)Nc2csc(-c3ccc(Cl)c(Cl)c3)n2)CC1. The maximum atomic E-state index is 12.6. The molecule has 1 fully saturated rings. The van der Waals surface area contributed by atoms with Crippen LogP contribution in [-0.4, -0.2) is 85.0 Å². The number of ether oxygens (including phenoxy) is 2. The van der Waals surface area contributed by atoms with Crippen LogP contribution in [0.25, 0.3) is 10.6 Å². The number of nitrogens with one attached hydrogen (secondary N) is 2. The Hall–Kier alpha value is -2.11. The van der Waals surface area contributed by atoms with Gasteiger partial charge in [0, 0.05) is 50.2 Å². The predicted octanol–water partition coefficient (Wildman–Crippen LogP) is 4.81. The van der Waals surface area contributed by atoms with Gasteiger partial charge in [0.15, 0.2) is 0 Å². The lowest BCUT2D eigenvalue weighted by Gasteiger charge is -2.34. The molecule has 12 heteroatoms. The highest BCUT2D eigenvalue weighted by molar-refractivity contribution is 7.13. The molecule has 0 radical (unpaired) electrons. The van der Waals surface area contributed by atoms with E-state index in [1.165, 1.54) is 11.3 Å². The van der Waals surface area contributed by atoms with E-state index in [0.29, 0.717) is 48.7 Å². The number of thiazole rings is 1. The quantitative estimate of drug-likeness (QED) is 0.464. The summed E-state index contributed by atoms with van der Waals surface area (Å²) in [5.41, 5.74) is 0.334. The van der Waals surface area contributed by atoms with E-state index in [-0.39, 0.29) is 6.03 Å². The van der Waals surface area contributed by atoms with Gasteiger partial charge in [0.25, 0.3) is 0 Å². The van der Waals surface area contributed by atoms with Crippen LogP contribution in [0.2, 0.25) is 10.0 Å². The molecule has 0 saturated carbocycles. The van der Waals surface area contributed by atoms with E-state index in [0.717, 1.165) is 30.2 Å². The first-order valence-electron chi connectivity index (χ1n) is 11.3. The average molecular weight is 545 g/mol. The third-order valence-electron chi connectivity index (χ3n) is 5.03. The summed E-state index contributed by atoms with van der Waals surface area (Å²) in [6.07, 6.45) is -0.446. The molecule has 9 nitrogen and oxygen atoms in total.